The van der Waals surface area contributed by atoms with Crippen molar-refractivity contribution in [3.05, 3.63) is 57.9 Å². The van der Waals surface area contributed by atoms with Gasteiger partial charge in [0.2, 0.25) is 0 Å². The van der Waals surface area contributed by atoms with Gasteiger partial charge in [-0.15, -0.1) is 22.7 Å². The number of hydrogen-bond donors (Lipinski definition) is 1. The minimum absolute atomic E-state index is 0.0841. The summed E-state index contributed by atoms with van der Waals surface area (Å²) in [6, 6.07) is 11.7. The van der Waals surface area contributed by atoms with Crippen LogP contribution in [0.15, 0.2) is 41.8 Å². The van der Waals surface area contributed by atoms with E-state index in [4.69, 9.17) is 4.74 Å². The van der Waals surface area contributed by atoms with Crippen LogP contribution in [0.3, 0.4) is 0 Å². The number of amides is 1. The Morgan fingerprint density at radius 2 is 2.04 bits per heavy atom. The largest absolute Gasteiger partial charge is 0.494 e. The van der Waals surface area contributed by atoms with Gasteiger partial charge in [0.1, 0.15) is 15.6 Å². The van der Waals surface area contributed by atoms with Gasteiger partial charge in [-0.3, -0.25) is 4.79 Å². The number of rotatable bonds is 6. The third-order valence-electron chi connectivity index (χ3n) is 3.77. The van der Waals surface area contributed by atoms with E-state index in [0.717, 1.165) is 26.9 Å². The van der Waals surface area contributed by atoms with Gasteiger partial charge in [0.25, 0.3) is 5.91 Å². The van der Waals surface area contributed by atoms with Gasteiger partial charge in [0, 0.05) is 0 Å². The number of aromatic nitrogens is 1. The van der Waals surface area contributed by atoms with Crippen molar-refractivity contribution >= 4 is 28.6 Å². The first-order valence-electron chi connectivity index (χ1n) is 8.13. The van der Waals surface area contributed by atoms with Gasteiger partial charge in [-0.1, -0.05) is 18.2 Å². The molecule has 25 heavy (non-hydrogen) atoms. The van der Waals surface area contributed by atoms with Crippen LogP contribution in [0.25, 0.3) is 9.88 Å². The fourth-order valence-electron chi connectivity index (χ4n) is 2.48. The number of thiophene rings is 1. The maximum atomic E-state index is 12.6. The maximum absolute atomic E-state index is 12.6. The predicted molar refractivity (Wildman–Crippen MR) is 104 cm³/mol. The normalized spacial score (nSPS) is 12.0. The third kappa shape index (κ3) is 4.08. The Morgan fingerprint density at radius 1 is 1.28 bits per heavy atom. The Morgan fingerprint density at radius 3 is 2.68 bits per heavy atom. The number of thiazole rings is 1. The topological polar surface area (TPSA) is 51.2 Å². The van der Waals surface area contributed by atoms with Crippen molar-refractivity contribution in [2.45, 2.75) is 26.8 Å². The molecular weight excluding hydrogens is 352 g/mol. The molecular formula is C19H20N2O2S2. The van der Waals surface area contributed by atoms with E-state index in [-0.39, 0.29) is 11.9 Å². The Kier molecular flexibility index (Phi) is 5.50. The third-order valence-corrected chi connectivity index (χ3v) is 5.97. The highest BCUT2D eigenvalue weighted by molar-refractivity contribution is 7.22. The molecule has 1 atom stereocenters. The van der Waals surface area contributed by atoms with Crippen LogP contribution in [0, 0.1) is 6.92 Å². The standard InChI is InChI=1S/C19H20N2O2S2/c1-4-23-15-9-7-14(8-10-15)12(2)20-18(22)17-13(3)21-19(25-17)16-6-5-11-24-16/h5-12H,4H2,1-3H3,(H,20,22). The highest BCUT2D eigenvalue weighted by Gasteiger charge is 2.18. The van der Waals surface area contributed by atoms with Crippen molar-refractivity contribution in [3.8, 4) is 15.6 Å². The number of nitrogens with zero attached hydrogens (tertiary/aromatic N) is 1. The Labute approximate surface area is 155 Å². The van der Waals surface area contributed by atoms with Gasteiger partial charge in [-0.25, -0.2) is 4.98 Å². The van der Waals surface area contributed by atoms with Gasteiger partial charge < -0.3 is 10.1 Å². The maximum Gasteiger partial charge on any atom is 0.263 e. The van der Waals surface area contributed by atoms with Gasteiger partial charge >= 0.3 is 0 Å². The van der Waals surface area contributed by atoms with E-state index in [2.05, 4.69) is 10.3 Å². The van der Waals surface area contributed by atoms with Crippen molar-refractivity contribution in [1.82, 2.24) is 10.3 Å². The van der Waals surface area contributed by atoms with E-state index in [9.17, 15) is 4.79 Å². The molecule has 1 unspecified atom stereocenters. The number of aryl methyl sites for hydroxylation is 1. The molecule has 3 aromatic rings. The molecule has 0 saturated heterocycles. The summed E-state index contributed by atoms with van der Waals surface area (Å²) in [5, 5.41) is 5.97. The molecule has 3 rings (SSSR count). The van der Waals surface area contributed by atoms with Gasteiger partial charge in [0.05, 0.1) is 23.2 Å². The molecule has 1 amide bonds. The second-order valence-corrected chi connectivity index (χ2v) is 7.55. The number of benzene rings is 1. The molecule has 4 nitrogen and oxygen atoms in total. The summed E-state index contributed by atoms with van der Waals surface area (Å²) in [7, 11) is 0. The first-order chi connectivity index (χ1) is 12.1. The minimum Gasteiger partial charge on any atom is -0.494 e. The van der Waals surface area contributed by atoms with Crippen molar-refractivity contribution in [2.24, 2.45) is 0 Å². The summed E-state index contributed by atoms with van der Waals surface area (Å²) in [5.41, 5.74) is 1.81. The van der Waals surface area contributed by atoms with E-state index < -0.39 is 0 Å². The van der Waals surface area contributed by atoms with Crippen LogP contribution in [0.4, 0.5) is 0 Å². The lowest BCUT2D eigenvalue weighted by Gasteiger charge is -2.14. The summed E-state index contributed by atoms with van der Waals surface area (Å²) in [6.07, 6.45) is 0. The summed E-state index contributed by atoms with van der Waals surface area (Å²) < 4.78 is 5.45. The Balaban J connectivity index is 1.71. The Bertz CT molecular complexity index is 839. The molecule has 130 valence electrons. The number of carbonyl (C=O) groups excluding carboxylic acids is 1. The van der Waals surface area contributed by atoms with Crippen LogP contribution in [-0.4, -0.2) is 17.5 Å². The molecule has 0 aliphatic heterocycles. The summed E-state index contributed by atoms with van der Waals surface area (Å²) >= 11 is 3.07. The highest BCUT2D eigenvalue weighted by Crippen LogP contribution is 2.31. The average molecular weight is 373 g/mol. The molecule has 0 fully saturated rings. The highest BCUT2D eigenvalue weighted by atomic mass is 32.1. The van der Waals surface area contributed by atoms with E-state index in [1.165, 1.54) is 11.3 Å². The Hall–Kier alpha value is -2.18. The molecule has 2 heterocycles. The minimum atomic E-state index is -0.0881. The van der Waals surface area contributed by atoms with E-state index in [0.29, 0.717) is 11.5 Å². The van der Waals surface area contributed by atoms with Gasteiger partial charge in [-0.05, 0) is 49.9 Å². The zero-order valence-electron chi connectivity index (χ0n) is 14.4. The molecule has 0 spiro atoms. The lowest BCUT2D eigenvalue weighted by atomic mass is 10.1. The van der Waals surface area contributed by atoms with Crippen LogP contribution < -0.4 is 10.1 Å². The number of carbonyl (C=O) groups is 1. The molecule has 1 N–H and O–H groups in total. The van der Waals surface area contributed by atoms with Crippen molar-refractivity contribution < 1.29 is 9.53 Å². The van der Waals surface area contributed by atoms with Crippen LogP contribution in [-0.2, 0) is 0 Å². The van der Waals surface area contributed by atoms with Gasteiger partial charge in [-0.2, -0.15) is 0 Å². The van der Waals surface area contributed by atoms with Crippen LogP contribution in [0.1, 0.15) is 40.8 Å². The average Bonchev–Trinajstić information content (AvgIpc) is 3.25. The van der Waals surface area contributed by atoms with E-state index in [1.807, 2.05) is 62.5 Å². The predicted octanol–water partition coefficient (Wildman–Crippen LogP) is 5.07. The van der Waals surface area contributed by atoms with Crippen molar-refractivity contribution in [3.63, 3.8) is 0 Å². The smallest absolute Gasteiger partial charge is 0.263 e. The first-order valence-corrected chi connectivity index (χ1v) is 9.83. The molecule has 0 radical (unpaired) electrons. The molecule has 1 aromatic carbocycles. The molecule has 0 bridgehead atoms. The molecule has 0 saturated carbocycles. The summed E-state index contributed by atoms with van der Waals surface area (Å²) in [6.45, 7) is 6.45. The van der Waals surface area contributed by atoms with Gasteiger partial charge in [0.15, 0.2) is 0 Å². The van der Waals surface area contributed by atoms with Crippen molar-refractivity contribution in [1.29, 1.82) is 0 Å². The fraction of sp³-hybridized carbons (Fsp3) is 0.263. The van der Waals surface area contributed by atoms with E-state index >= 15 is 0 Å². The molecule has 0 aliphatic rings. The number of nitrogens with one attached hydrogen (secondary N) is 1. The summed E-state index contributed by atoms with van der Waals surface area (Å²) in [5.74, 6) is 0.753. The van der Waals surface area contributed by atoms with E-state index in [1.54, 1.807) is 11.3 Å². The fourth-order valence-corrected chi connectivity index (χ4v) is 4.24. The van der Waals surface area contributed by atoms with Crippen molar-refractivity contribution in [2.75, 3.05) is 6.61 Å². The van der Waals surface area contributed by atoms with Crippen LogP contribution in [0.2, 0.25) is 0 Å². The first kappa shape index (κ1) is 17.6. The lowest BCUT2D eigenvalue weighted by molar-refractivity contribution is 0.0943. The SMILES string of the molecule is CCOc1ccc(C(C)NC(=O)c2sc(-c3cccs3)nc2C)cc1. The van der Waals surface area contributed by atoms with Crippen LogP contribution in [0.5, 0.6) is 5.75 Å². The zero-order valence-corrected chi connectivity index (χ0v) is 16.0. The number of ether oxygens (including phenoxy) is 1. The number of hydrogen-bond acceptors (Lipinski definition) is 5. The zero-order chi connectivity index (χ0) is 17.8. The molecule has 0 aliphatic carbocycles. The summed E-state index contributed by atoms with van der Waals surface area (Å²) in [4.78, 5) is 18.9. The van der Waals surface area contributed by atoms with Crippen LogP contribution >= 0.6 is 22.7 Å². The molecule has 2 aromatic heterocycles. The quantitative estimate of drug-likeness (QED) is 0.657. The second kappa shape index (κ2) is 7.80. The molecule has 6 heteroatoms. The lowest BCUT2D eigenvalue weighted by Crippen LogP contribution is -2.26. The second-order valence-electron chi connectivity index (χ2n) is 5.61. The monoisotopic (exact) mass is 372 g/mol.